The SMILES string of the molecule is Cc1cc(C(=O)NCc2ccccc2Cl)cc2c1N(C)S(=O)(=O)c1ccccc1-2. The van der Waals surface area contributed by atoms with E-state index in [0.29, 0.717) is 33.9 Å². The molecule has 5 nitrogen and oxygen atoms in total. The molecule has 1 heterocycles. The van der Waals surface area contributed by atoms with Crippen molar-refractivity contribution in [3.63, 3.8) is 0 Å². The maximum atomic E-state index is 12.9. The van der Waals surface area contributed by atoms with E-state index < -0.39 is 10.0 Å². The number of fused-ring (bicyclic) bond motifs is 3. The molecule has 3 aromatic carbocycles. The number of anilines is 1. The quantitative estimate of drug-likeness (QED) is 0.675. The van der Waals surface area contributed by atoms with Crippen LogP contribution in [0.15, 0.2) is 65.6 Å². The molecule has 0 saturated heterocycles. The summed E-state index contributed by atoms with van der Waals surface area (Å²) in [6, 6.07) is 17.6. The third-order valence-corrected chi connectivity index (χ3v) is 7.27. The van der Waals surface area contributed by atoms with Gasteiger partial charge in [-0.15, -0.1) is 0 Å². The highest BCUT2D eigenvalue weighted by Gasteiger charge is 2.33. The molecular formula is C22H19ClN2O3S. The van der Waals surface area contributed by atoms with E-state index in [-0.39, 0.29) is 10.8 Å². The molecule has 4 rings (SSSR count). The van der Waals surface area contributed by atoms with Crippen molar-refractivity contribution in [3.05, 3.63) is 82.4 Å². The van der Waals surface area contributed by atoms with Crippen LogP contribution in [0.1, 0.15) is 21.5 Å². The Kier molecular flexibility index (Phi) is 4.84. The topological polar surface area (TPSA) is 66.5 Å². The summed E-state index contributed by atoms with van der Waals surface area (Å²) in [6.07, 6.45) is 0. The number of carbonyl (C=O) groups is 1. The van der Waals surface area contributed by atoms with E-state index in [1.165, 1.54) is 11.4 Å². The van der Waals surface area contributed by atoms with Crippen LogP contribution in [-0.4, -0.2) is 21.4 Å². The summed E-state index contributed by atoms with van der Waals surface area (Å²) in [5, 5.41) is 3.48. The van der Waals surface area contributed by atoms with Crippen LogP contribution in [0.4, 0.5) is 5.69 Å². The van der Waals surface area contributed by atoms with E-state index in [2.05, 4.69) is 5.32 Å². The van der Waals surface area contributed by atoms with Crippen LogP contribution >= 0.6 is 11.6 Å². The third-order valence-electron chi connectivity index (χ3n) is 5.09. The highest BCUT2D eigenvalue weighted by Crippen LogP contribution is 2.44. The van der Waals surface area contributed by atoms with E-state index in [1.807, 2.05) is 25.1 Å². The maximum Gasteiger partial charge on any atom is 0.264 e. The molecule has 0 unspecified atom stereocenters. The lowest BCUT2D eigenvalue weighted by Gasteiger charge is -2.31. The Morgan fingerprint density at radius 2 is 1.72 bits per heavy atom. The molecule has 0 saturated carbocycles. The molecule has 0 aromatic heterocycles. The number of aryl methyl sites for hydroxylation is 1. The van der Waals surface area contributed by atoms with Gasteiger partial charge in [0.15, 0.2) is 0 Å². The number of amides is 1. The van der Waals surface area contributed by atoms with Crippen molar-refractivity contribution in [1.29, 1.82) is 0 Å². The van der Waals surface area contributed by atoms with Gasteiger partial charge in [0.05, 0.1) is 10.6 Å². The van der Waals surface area contributed by atoms with E-state index in [4.69, 9.17) is 11.6 Å². The first-order chi connectivity index (χ1) is 13.8. The van der Waals surface area contributed by atoms with Gasteiger partial charge in [-0.25, -0.2) is 8.42 Å². The molecule has 1 N–H and O–H groups in total. The van der Waals surface area contributed by atoms with Crippen LogP contribution in [0, 0.1) is 6.92 Å². The molecule has 3 aromatic rings. The molecule has 29 heavy (non-hydrogen) atoms. The van der Waals surface area contributed by atoms with E-state index in [1.54, 1.807) is 42.5 Å². The largest absolute Gasteiger partial charge is 0.348 e. The standard InChI is InChI=1S/C22H19ClN2O3S/c1-14-11-16(22(26)24-13-15-7-3-5-9-19(15)23)12-18-17-8-4-6-10-20(17)29(27,28)25(2)21(14)18/h3-12H,13H2,1-2H3,(H,24,26). The van der Waals surface area contributed by atoms with Gasteiger partial charge in [-0.2, -0.15) is 0 Å². The highest BCUT2D eigenvalue weighted by atomic mass is 35.5. The second kappa shape index (κ2) is 7.21. The number of rotatable bonds is 3. The van der Waals surface area contributed by atoms with Crippen molar-refractivity contribution in [1.82, 2.24) is 5.32 Å². The predicted octanol–water partition coefficient (Wildman–Crippen LogP) is 4.38. The molecule has 0 spiro atoms. The van der Waals surface area contributed by atoms with Crippen LogP contribution in [0.25, 0.3) is 11.1 Å². The first-order valence-electron chi connectivity index (χ1n) is 9.05. The Labute approximate surface area is 175 Å². The minimum Gasteiger partial charge on any atom is -0.348 e. The fourth-order valence-corrected chi connectivity index (χ4v) is 5.32. The van der Waals surface area contributed by atoms with Gasteiger partial charge < -0.3 is 5.32 Å². The van der Waals surface area contributed by atoms with Gasteiger partial charge in [0, 0.05) is 35.3 Å². The molecule has 0 atom stereocenters. The molecule has 0 radical (unpaired) electrons. The van der Waals surface area contributed by atoms with Gasteiger partial charge >= 0.3 is 0 Å². The zero-order valence-corrected chi connectivity index (χ0v) is 17.5. The second-order valence-electron chi connectivity index (χ2n) is 6.93. The average Bonchev–Trinajstić information content (AvgIpc) is 2.71. The predicted molar refractivity (Wildman–Crippen MR) is 115 cm³/mol. The number of sulfonamides is 1. The van der Waals surface area contributed by atoms with Crippen LogP contribution in [-0.2, 0) is 16.6 Å². The van der Waals surface area contributed by atoms with Gasteiger partial charge in [0.2, 0.25) is 0 Å². The summed E-state index contributed by atoms with van der Waals surface area (Å²) < 4.78 is 27.0. The van der Waals surface area contributed by atoms with Gasteiger partial charge in [-0.1, -0.05) is 48.0 Å². The number of benzene rings is 3. The van der Waals surface area contributed by atoms with Crippen molar-refractivity contribution in [2.24, 2.45) is 0 Å². The van der Waals surface area contributed by atoms with E-state index >= 15 is 0 Å². The zero-order chi connectivity index (χ0) is 20.8. The third kappa shape index (κ3) is 3.28. The van der Waals surface area contributed by atoms with E-state index in [0.717, 1.165) is 11.1 Å². The average molecular weight is 427 g/mol. The van der Waals surface area contributed by atoms with Gasteiger partial charge in [-0.05, 0) is 42.3 Å². The number of carbonyl (C=O) groups excluding carboxylic acids is 1. The minimum atomic E-state index is -3.62. The zero-order valence-electron chi connectivity index (χ0n) is 15.9. The number of nitrogens with zero attached hydrogens (tertiary/aromatic N) is 1. The van der Waals surface area contributed by atoms with Gasteiger partial charge in [0.25, 0.3) is 15.9 Å². The summed E-state index contributed by atoms with van der Waals surface area (Å²) in [6.45, 7) is 2.11. The first-order valence-corrected chi connectivity index (χ1v) is 10.9. The number of hydrogen-bond donors (Lipinski definition) is 1. The van der Waals surface area contributed by atoms with E-state index in [9.17, 15) is 13.2 Å². The molecule has 0 aliphatic carbocycles. The van der Waals surface area contributed by atoms with Crippen LogP contribution in [0.5, 0.6) is 0 Å². The summed E-state index contributed by atoms with van der Waals surface area (Å²) in [5.74, 6) is -0.246. The Balaban J connectivity index is 1.74. The second-order valence-corrected chi connectivity index (χ2v) is 9.28. The van der Waals surface area contributed by atoms with Crippen LogP contribution in [0.3, 0.4) is 0 Å². The normalized spacial score (nSPS) is 14.1. The van der Waals surface area contributed by atoms with Crippen LogP contribution < -0.4 is 9.62 Å². The van der Waals surface area contributed by atoms with Crippen molar-refractivity contribution >= 4 is 33.2 Å². The Morgan fingerprint density at radius 1 is 1.03 bits per heavy atom. The highest BCUT2D eigenvalue weighted by molar-refractivity contribution is 7.93. The van der Waals surface area contributed by atoms with Crippen molar-refractivity contribution in [2.75, 3.05) is 11.4 Å². The number of hydrogen-bond acceptors (Lipinski definition) is 3. The first kappa shape index (κ1) is 19.5. The molecule has 0 bridgehead atoms. The minimum absolute atomic E-state index is 0.239. The van der Waals surface area contributed by atoms with Crippen molar-refractivity contribution in [3.8, 4) is 11.1 Å². The van der Waals surface area contributed by atoms with Crippen molar-refractivity contribution in [2.45, 2.75) is 18.4 Å². The molecule has 7 heteroatoms. The Hall–Kier alpha value is -2.83. The maximum absolute atomic E-state index is 12.9. The van der Waals surface area contributed by atoms with Gasteiger partial charge in [0.1, 0.15) is 0 Å². The Morgan fingerprint density at radius 3 is 2.48 bits per heavy atom. The summed E-state index contributed by atoms with van der Waals surface area (Å²) >= 11 is 6.16. The molecule has 1 aliphatic rings. The lowest BCUT2D eigenvalue weighted by Crippen LogP contribution is -2.31. The monoisotopic (exact) mass is 426 g/mol. The number of halogens is 1. The van der Waals surface area contributed by atoms with Crippen LogP contribution in [0.2, 0.25) is 5.02 Å². The fourth-order valence-electron chi connectivity index (χ4n) is 3.64. The smallest absolute Gasteiger partial charge is 0.264 e. The molecular weight excluding hydrogens is 408 g/mol. The summed E-state index contributed by atoms with van der Waals surface area (Å²) in [5.41, 5.74) is 3.92. The lowest BCUT2D eigenvalue weighted by atomic mass is 9.96. The lowest BCUT2D eigenvalue weighted by molar-refractivity contribution is 0.0951. The van der Waals surface area contributed by atoms with Gasteiger partial charge in [-0.3, -0.25) is 9.10 Å². The molecule has 0 fully saturated rings. The fraction of sp³-hybridized carbons (Fsp3) is 0.136. The molecule has 1 amide bonds. The molecule has 1 aliphatic heterocycles. The summed E-state index contributed by atoms with van der Waals surface area (Å²) in [4.78, 5) is 13.0. The van der Waals surface area contributed by atoms with Crippen molar-refractivity contribution < 1.29 is 13.2 Å². The molecule has 148 valence electrons. The number of nitrogens with one attached hydrogen (secondary N) is 1. The Bertz CT molecular complexity index is 1240. The summed E-state index contributed by atoms with van der Waals surface area (Å²) in [7, 11) is -2.09.